The van der Waals surface area contributed by atoms with E-state index in [-0.39, 0.29) is 11.2 Å². The van der Waals surface area contributed by atoms with Crippen LogP contribution in [0.15, 0.2) is 33.9 Å². The molecule has 0 spiro atoms. The third-order valence-corrected chi connectivity index (χ3v) is 5.12. The topological polar surface area (TPSA) is 150 Å². The maximum Gasteiger partial charge on any atom is 0.396 e. The van der Waals surface area contributed by atoms with Gasteiger partial charge in [-0.1, -0.05) is 25.5 Å². The minimum atomic E-state index is -4.96. The molecule has 0 aliphatic heterocycles. The summed E-state index contributed by atoms with van der Waals surface area (Å²) >= 11 is 0. The first-order chi connectivity index (χ1) is 16.7. The lowest BCUT2D eigenvalue weighted by Gasteiger charge is -2.26. The van der Waals surface area contributed by atoms with E-state index in [1.54, 1.807) is 24.3 Å². The smallest absolute Gasteiger partial charge is 0.396 e. The predicted molar refractivity (Wildman–Crippen MR) is 120 cm³/mol. The zero-order valence-corrected chi connectivity index (χ0v) is 19.7. The van der Waals surface area contributed by atoms with E-state index < -0.39 is 52.9 Å². The van der Waals surface area contributed by atoms with Gasteiger partial charge in [-0.3, -0.25) is 19.0 Å². The molecular formula is C22H25F3N4O7. The van der Waals surface area contributed by atoms with Gasteiger partial charge in [0.2, 0.25) is 17.2 Å². The number of carbonyl (C=O) groups excluding carboxylic acids is 2. The average Bonchev–Trinajstić information content (AvgIpc) is 2.78. The lowest BCUT2D eigenvalue weighted by Crippen LogP contribution is -2.46. The number of nitrogens with one attached hydrogen (secondary N) is 1. The quantitative estimate of drug-likeness (QED) is 0.428. The van der Waals surface area contributed by atoms with Crippen LogP contribution in [0.4, 0.5) is 19.0 Å². The molecule has 1 unspecified atom stereocenters. The number of carbonyl (C=O) groups is 3. The Balaban J connectivity index is 2.12. The number of alkyl halides is 3. The molecule has 196 valence electrons. The molecule has 0 saturated carbocycles. The van der Waals surface area contributed by atoms with Crippen LogP contribution in [0.25, 0.3) is 0 Å². The number of nitrogens with zero attached hydrogens (tertiary/aromatic N) is 3. The average molecular weight is 514 g/mol. The molecule has 0 saturated heterocycles. The van der Waals surface area contributed by atoms with Crippen molar-refractivity contribution in [1.82, 2.24) is 14.3 Å². The maximum absolute atomic E-state index is 12.4. The van der Waals surface area contributed by atoms with Crippen LogP contribution in [-0.4, -0.2) is 55.4 Å². The molecule has 2 aromatic rings. The van der Waals surface area contributed by atoms with E-state index >= 15 is 0 Å². The van der Waals surface area contributed by atoms with Crippen LogP contribution in [0.3, 0.4) is 0 Å². The van der Waals surface area contributed by atoms with Crippen molar-refractivity contribution in [3.05, 3.63) is 50.7 Å². The van der Waals surface area contributed by atoms with E-state index in [0.29, 0.717) is 29.6 Å². The highest BCUT2D eigenvalue weighted by Crippen LogP contribution is 2.24. The van der Waals surface area contributed by atoms with Crippen LogP contribution in [-0.2, 0) is 23.1 Å². The van der Waals surface area contributed by atoms with Crippen molar-refractivity contribution >= 4 is 23.5 Å². The number of carboxylic acids is 1. The Morgan fingerprint density at radius 2 is 1.75 bits per heavy atom. The molecule has 11 nitrogen and oxygen atoms in total. The molecule has 0 amide bonds. The van der Waals surface area contributed by atoms with Crippen LogP contribution in [0, 0.1) is 0 Å². The van der Waals surface area contributed by atoms with Gasteiger partial charge in [-0.15, -0.1) is 9.78 Å². The van der Waals surface area contributed by atoms with Crippen molar-refractivity contribution in [2.75, 3.05) is 11.9 Å². The first kappa shape index (κ1) is 28.3. The lowest BCUT2D eigenvalue weighted by atomic mass is 10.0. The van der Waals surface area contributed by atoms with Crippen LogP contribution < -0.4 is 21.3 Å². The van der Waals surface area contributed by atoms with E-state index in [2.05, 4.69) is 10.4 Å². The number of Topliss-reactive ketones (excluding diaryl/α,β-unsaturated/α-hetero) is 1. The number of benzene rings is 1. The summed E-state index contributed by atoms with van der Waals surface area (Å²) in [4.78, 5) is 59.5. The number of rotatable bonds is 11. The minimum Gasteiger partial charge on any atom is -0.478 e. The molecule has 1 atom stereocenters. The van der Waals surface area contributed by atoms with Crippen molar-refractivity contribution in [2.24, 2.45) is 7.05 Å². The summed E-state index contributed by atoms with van der Waals surface area (Å²) in [5, 5.41) is 15.5. The number of hydrogen-bond donors (Lipinski definition) is 2. The molecule has 36 heavy (non-hydrogen) atoms. The summed E-state index contributed by atoms with van der Waals surface area (Å²) in [6.07, 6.45) is -5.81. The monoisotopic (exact) mass is 514 g/mol. The van der Waals surface area contributed by atoms with Gasteiger partial charge in [0.15, 0.2) is 0 Å². The van der Waals surface area contributed by atoms with E-state index in [1.165, 1.54) is 6.92 Å². The normalized spacial score (nSPS) is 13.1. The standard InChI is InChI=1S/C22H25F3N4O7/c1-4-10-21(2,19(33)34)36-14-7-5-13(6-8-14)9-11-26-16-18(32)28(3)20(35)29(27-16)17(31)15(30)12-22(23,24)25/h5-8H,4,9-12H2,1-3H3,(H,26,27)(H,33,34). The van der Waals surface area contributed by atoms with Crippen LogP contribution >= 0.6 is 0 Å². The summed E-state index contributed by atoms with van der Waals surface area (Å²) in [5.41, 5.74) is -2.95. The van der Waals surface area contributed by atoms with Gasteiger partial charge in [-0.2, -0.15) is 13.2 Å². The summed E-state index contributed by atoms with van der Waals surface area (Å²) in [6, 6.07) is 6.48. The molecule has 1 heterocycles. The molecular weight excluding hydrogens is 489 g/mol. The largest absolute Gasteiger partial charge is 0.478 e. The summed E-state index contributed by atoms with van der Waals surface area (Å²) in [5.74, 6) is -4.98. The third kappa shape index (κ3) is 7.02. The molecule has 0 radical (unpaired) electrons. The molecule has 0 fully saturated rings. The molecule has 14 heteroatoms. The molecule has 0 bridgehead atoms. The van der Waals surface area contributed by atoms with E-state index in [0.717, 1.165) is 12.6 Å². The second-order valence-corrected chi connectivity index (χ2v) is 8.14. The number of hydrogen-bond acceptors (Lipinski definition) is 8. The molecule has 2 rings (SSSR count). The Labute approximate surface area is 202 Å². The summed E-state index contributed by atoms with van der Waals surface area (Å²) in [6.45, 7) is 3.38. The highest BCUT2D eigenvalue weighted by Gasteiger charge is 2.36. The number of ether oxygens (including phenoxy) is 1. The van der Waals surface area contributed by atoms with Gasteiger partial charge in [-0.05, 0) is 37.5 Å². The van der Waals surface area contributed by atoms with Gasteiger partial charge in [0.1, 0.15) is 12.2 Å². The van der Waals surface area contributed by atoms with Crippen LogP contribution in [0.2, 0.25) is 0 Å². The number of aromatic nitrogens is 3. The SMILES string of the molecule is CCCC(C)(Oc1ccc(CCNc2nn(C(=O)C(=O)CC(F)(F)F)c(=O)n(C)c2=O)cc1)C(=O)O. The maximum atomic E-state index is 12.4. The summed E-state index contributed by atoms with van der Waals surface area (Å²) in [7, 11) is 0.984. The Bertz CT molecular complexity index is 1250. The molecule has 2 N–H and O–H groups in total. The van der Waals surface area contributed by atoms with Crippen molar-refractivity contribution in [1.29, 1.82) is 0 Å². The number of aliphatic carboxylic acids is 1. The number of anilines is 1. The van der Waals surface area contributed by atoms with Crippen LogP contribution in [0.5, 0.6) is 5.75 Å². The Kier molecular flexibility index (Phi) is 8.78. The zero-order chi connectivity index (χ0) is 27.3. The van der Waals surface area contributed by atoms with Gasteiger partial charge in [0.05, 0.1) is 0 Å². The van der Waals surface area contributed by atoms with E-state index in [1.807, 2.05) is 6.92 Å². The van der Waals surface area contributed by atoms with Gasteiger partial charge in [0, 0.05) is 13.6 Å². The van der Waals surface area contributed by atoms with Crippen molar-refractivity contribution < 1.29 is 37.4 Å². The predicted octanol–water partition coefficient (Wildman–Crippen LogP) is 1.78. The number of halogens is 3. The number of carboxylic acid groups (broad SMARTS) is 1. The zero-order valence-electron chi connectivity index (χ0n) is 19.7. The first-order valence-electron chi connectivity index (χ1n) is 10.8. The lowest BCUT2D eigenvalue weighted by molar-refractivity contribution is -0.154. The molecule has 1 aromatic carbocycles. The Morgan fingerprint density at radius 3 is 2.28 bits per heavy atom. The number of ketones is 1. The second-order valence-electron chi connectivity index (χ2n) is 8.14. The van der Waals surface area contributed by atoms with Crippen molar-refractivity contribution in [3.8, 4) is 5.75 Å². The molecule has 1 aromatic heterocycles. The van der Waals surface area contributed by atoms with Gasteiger partial charge in [-0.25, -0.2) is 9.59 Å². The van der Waals surface area contributed by atoms with E-state index in [9.17, 15) is 42.3 Å². The summed E-state index contributed by atoms with van der Waals surface area (Å²) < 4.78 is 43.3. The van der Waals surface area contributed by atoms with Gasteiger partial charge >= 0.3 is 23.7 Å². The highest BCUT2D eigenvalue weighted by atomic mass is 19.4. The van der Waals surface area contributed by atoms with Gasteiger partial charge in [0.25, 0.3) is 5.56 Å². The van der Waals surface area contributed by atoms with Crippen molar-refractivity contribution in [2.45, 2.75) is 51.3 Å². The Hall–Kier alpha value is -3.97. The molecule has 0 aliphatic carbocycles. The third-order valence-electron chi connectivity index (χ3n) is 5.12. The van der Waals surface area contributed by atoms with Crippen LogP contribution in [0.1, 0.15) is 43.5 Å². The fraction of sp³-hybridized carbons (Fsp3) is 0.455. The van der Waals surface area contributed by atoms with E-state index in [4.69, 9.17) is 4.74 Å². The van der Waals surface area contributed by atoms with Gasteiger partial charge < -0.3 is 15.2 Å². The molecule has 0 aliphatic rings. The fourth-order valence-corrected chi connectivity index (χ4v) is 3.18. The minimum absolute atomic E-state index is 0.0635. The van der Waals surface area contributed by atoms with Crippen molar-refractivity contribution in [3.63, 3.8) is 0 Å². The first-order valence-corrected chi connectivity index (χ1v) is 10.8. The fourth-order valence-electron chi connectivity index (χ4n) is 3.18. The second kappa shape index (κ2) is 11.2. The highest BCUT2D eigenvalue weighted by molar-refractivity contribution is 6.36. The Morgan fingerprint density at radius 1 is 1.14 bits per heavy atom.